The van der Waals surface area contributed by atoms with E-state index in [1.807, 2.05) is 53.2 Å². The van der Waals surface area contributed by atoms with E-state index in [4.69, 9.17) is 16.3 Å². The van der Waals surface area contributed by atoms with E-state index in [0.29, 0.717) is 22.2 Å². The third-order valence-electron chi connectivity index (χ3n) is 3.67. The van der Waals surface area contributed by atoms with Crippen LogP contribution in [0.25, 0.3) is 16.6 Å². The second-order valence-electron chi connectivity index (χ2n) is 5.28. The monoisotopic (exact) mass is 337 g/mol. The maximum absolute atomic E-state index is 12.5. The van der Waals surface area contributed by atoms with Crippen molar-refractivity contribution in [2.24, 2.45) is 0 Å². The number of hydrogen-bond acceptors (Lipinski definition) is 4. The molecule has 0 saturated heterocycles. The summed E-state index contributed by atoms with van der Waals surface area (Å²) in [5.41, 5.74) is 2.54. The van der Waals surface area contributed by atoms with Gasteiger partial charge in [-0.15, -0.1) is 0 Å². The van der Waals surface area contributed by atoms with Crippen molar-refractivity contribution in [3.63, 3.8) is 0 Å². The van der Waals surface area contributed by atoms with Crippen molar-refractivity contribution < 1.29 is 9.53 Å². The van der Waals surface area contributed by atoms with Crippen LogP contribution in [-0.2, 0) is 11.3 Å². The van der Waals surface area contributed by atoms with Gasteiger partial charge in [-0.25, -0.2) is 14.8 Å². The lowest BCUT2D eigenvalue weighted by molar-refractivity contribution is 0.0470. The van der Waals surface area contributed by atoms with Crippen molar-refractivity contribution in [3.8, 4) is 0 Å². The number of ether oxygens (including phenoxy) is 1. The minimum atomic E-state index is -0.451. The molecule has 1 aromatic carbocycles. The van der Waals surface area contributed by atoms with Crippen LogP contribution in [0.1, 0.15) is 16.1 Å². The number of benzene rings is 1. The number of rotatable bonds is 3. The Morgan fingerprint density at radius 1 is 1.12 bits per heavy atom. The largest absolute Gasteiger partial charge is 0.455 e. The highest BCUT2D eigenvalue weighted by Crippen LogP contribution is 2.22. The molecule has 0 radical (unpaired) electrons. The standard InChI is InChI=1S/C18H12ClN3O2/c19-16-9-14(13-5-1-2-6-15(13)21-16)18(23)24-11-12-10-22-8-4-3-7-17(22)20-12/h1-10H,11H2. The van der Waals surface area contributed by atoms with Crippen molar-refractivity contribution in [2.45, 2.75) is 6.61 Å². The molecule has 3 aromatic heterocycles. The number of para-hydroxylation sites is 1. The SMILES string of the molecule is O=C(OCc1cn2ccccc2n1)c1cc(Cl)nc2ccccc12. The molecular formula is C18H12ClN3O2. The number of halogens is 1. The van der Waals surface area contributed by atoms with Crippen LogP contribution in [0.3, 0.4) is 0 Å². The van der Waals surface area contributed by atoms with E-state index in [1.54, 1.807) is 6.07 Å². The lowest BCUT2D eigenvalue weighted by Gasteiger charge is -2.07. The van der Waals surface area contributed by atoms with Crippen LogP contribution in [-0.4, -0.2) is 20.3 Å². The third-order valence-corrected chi connectivity index (χ3v) is 3.86. The fourth-order valence-electron chi connectivity index (χ4n) is 2.59. The summed E-state index contributed by atoms with van der Waals surface area (Å²) in [5, 5.41) is 0.968. The summed E-state index contributed by atoms with van der Waals surface area (Å²) < 4.78 is 7.28. The predicted molar refractivity (Wildman–Crippen MR) is 91.1 cm³/mol. The van der Waals surface area contributed by atoms with Gasteiger partial charge in [0.05, 0.1) is 16.8 Å². The zero-order valence-corrected chi connectivity index (χ0v) is 13.3. The Balaban J connectivity index is 1.60. The molecule has 6 heteroatoms. The number of esters is 1. The fourth-order valence-corrected chi connectivity index (χ4v) is 2.79. The summed E-state index contributed by atoms with van der Waals surface area (Å²) in [5.74, 6) is -0.451. The van der Waals surface area contributed by atoms with Gasteiger partial charge in [-0.05, 0) is 24.3 Å². The van der Waals surface area contributed by atoms with Gasteiger partial charge >= 0.3 is 5.97 Å². The predicted octanol–water partition coefficient (Wildman–Crippen LogP) is 3.89. The fraction of sp³-hybridized carbons (Fsp3) is 0.0556. The Kier molecular flexibility index (Phi) is 3.63. The van der Waals surface area contributed by atoms with E-state index in [9.17, 15) is 4.79 Å². The topological polar surface area (TPSA) is 56.5 Å². The average Bonchev–Trinajstić information content (AvgIpc) is 3.02. The number of aromatic nitrogens is 3. The van der Waals surface area contributed by atoms with Gasteiger partial charge in [0.2, 0.25) is 0 Å². The summed E-state index contributed by atoms with van der Waals surface area (Å²) in [6.07, 6.45) is 3.73. The van der Waals surface area contributed by atoms with Gasteiger partial charge in [0.25, 0.3) is 0 Å². The number of nitrogens with zero attached hydrogens (tertiary/aromatic N) is 3. The summed E-state index contributed by atoms with van der Waals surface area (Å²) in [4.78, 5) is 21.1. The summed E-state index contributed by atoms with van der Waals surface area (Å²) in [6, 6.07) is 14.5. The summed E-state index contributed by atoms with van der Waals surface area (Å²) in [7, 11) is 0. The van der Waals surface area contributed by atoms with Gasteiger partial charge in [0, 0.05) is 17.8 Å². The van der Waals surface area contributed by atoms with Gasteiger partial charge in [-0.2, -0.15) is 0 Å². The van der Waals surface area contributed by atoms with Crippen molar-refractivity contribution in [1.82, 2.24) is 14.4 Å². The molecule has 0 spiro atoms. The lowest BCUT2D eigenvalue weighted by Crippen LogP contribution is -2.07. The van der Waals surface area contributed by atoms with Crippen LogP contribution in [0.15, 0.2) is 60.9 Å². The Labute approximate surface area is 142 Å². The quantitative estimate of drug-likeness (QED) is 0.420. The molecule has 118 valence electrons. The van der Waals surface area contributed by atoms with Crippen molar-refractivity contribution in [2.75, 3.05) is 0 Å². The van der Waals surface area contributed by atoms with Gasteiger partial charge in [-0.3, -0.25) is 0 Å². The zero-order chi connectivity index (χ0) is 16.5. The first kappa shape index (κ1) is 14.7. The van der Waals surface area contributed by atoms with Gasteiger partial charge in [0.1, 0.15) is 17.4 Å². The number of pyridine rings is 2. The second-order valence-corrected chi connectivity index (χ2v) is 5.67. The Bertz CT molecular complexity index is 1030. The number of imidazole rings is 1. The molecule has 0 N–H and O–H groups in total. The molecule has 0 aliphatic rings. The third kappa shape index (κ3) is 2.70. The molecule has 0 amide bonds. The van der Waals surface area contributed by atoms with Crippen LogP contribution in [0, 0.1) is 0 Å². The highest BCUT2D eigenvalue weighted by atomic mass is 35.5. The minimum absolute atomic E-state index is 0.0920. The second kappa shape index (κ2) is 5.94. The number of carbonyl (C=O) groups excluding carboxylic acids is 1. The first-order chi connectivity index (χ1) is 11.7. The van der Waals surface area contributed by atoms with Crippen LogP contribution in [0.4, 0.5) is 0 Å². The van der Waals surface area contributed by atoms with E-state index in [1.165, 1.54) is 6.07 Å². The molecule has 0 fully saturated rings. The number of fused-ring (bicyclic) bond motifs is 2. The molecule has 4 rings (SSSR count). The molecule has 0 aliphatic heterocycles. The molecule has 0 saturated carbocycles. The molecule has 0 bridgehead atoms. The van der Waals surface area contributed by atoms with E-state index >= 15 is 0 Å². The molecule has 4 aromatic rings. The Hall–Kier alpha value is -2.92. The molecule has 24 heavy (non-hydrogen) atoms. The molecule has 3 heterocycles. The number of carbonyl (C=O) groups is 1. The van der Waals surface area contributed by atoms with Gasteiger partial charge < -0.3 is 9.14 Å². The van der Waals surface area contributed by atoms with Crippen molar-refractivity contribution in [1.29, 1.82) is 0 Å². The van der Waals surface area contributed by atoms with Crippen LogP contribution < -0.4 is 0 Å². The maximum Gasteiger partial charge on any atom is 0.339 e. The first-order valence-electron chi connectivity index (χ1n) is 7.36. The van der Waals surface area contributed by atoms with E-state index in [2.05, 4.69) is 9.97 Å². The van der Waals surface area contributed by atoms with E-state index in [0.717, 1.165) is 5.65 Å². The summed E-state index contributed by atoms with van der Waals surface area (Å²) >= 11 is 6.00. The van der Waals surface area contributed by atoms with Crippen LogP contribution in [0.2, 0.25) is 5.15 Å². The zero-order valence-electron chi connectivity index (χ0n) is 12.5. The normalized spacial score (nSPS) is 11.0. The lowest BCUT2D eigenvalue weighted by atomic mass is 10.1. The van der Waals surface area contributed by atoms with Crippen LogP contribution in [0.5, 0.6) is 0 Å². The number of hydrogen-bond donors (Lipinski definition) is 0. The molecular weight excluding hydrogens is 326 g/mol. The summed E-state index contributed by atoms with van der Waals surface area (Å²) in [6.45, 7) is 0.0920. The molecule has 0 atom stereocenters. The highest BCUT2D eigenvalue weighted by Gasteiger charge is 2.14. The Morgan fingerprint density at radius 2 is 1.96 bits per heavy atom. The molecule has 5 nitrogen and oxygen atoms in total. The maximum atomic E-state index is 12.5. The minimum Gasteiger partial charge on any atom is -0.455 e. The Morgan fingerprint density at radius 3 is 2.83 bits per heavy atom. The molecule has 0 unspecified atom stereocenters. The van der Waals surface area contributed by atoms with E-state index in [-0.39, 0.29) is 11.8 Å². The highest BCUT2D eigenvalue weighted by molar-refractivity contribution is 6.30. The molecule has 0 aliphatic carbocycles. The van der Waals surface area contributed by atoms with Gasteiger partial charge in [0.15, 0.2) is 0 Å². The van der Waals surface area contributed by atoms with E-state index < -0.39 is 5.97 Å². The smallest absolute Gasteiger partial charge is 0.339 e. The van der Waals surface area contributed by atoms with Crippen molar-refractivity contribution in [3.05, 3.63) is 77.3 Å². The van der Waals surface area contributed by atoms with Crippen molar-refractivity contribution >= 4 is 34.1 Å². The average molecular weight is 338 g/mol. The first-order valence-corrected chi connectivity index (χ1v) is 7.73. The van der Waals surface area contributed by atoms with Gasteiger partial charge in [-0.1, -0.05) is 35.9 Å². The van der Waals surface area contributed by atoms with Crippen LogP contribution >= 0.6 is 11.6 Å².